The van der Waals surface area contributed by atoms with Gasteiger partial charge in [0.25, 0.3) is 5.56 Å². The SMILES string of the molecule is COCCNc1cc(-n2ccccc2=O)ccc1-n1cc(CCC(=O)c2ccc(Cl)s2)nn1. The van der Waals surface area contributed by atoms with Crippen LogP contribution in [0.3, 0.4) is 0 Å². The average molecular weight is 484 g/mol. The molecule has 3 aromatic heterocycles. The van der Waals surface area contributed by atoms with E-state index in [1.807, 2.05) is 24.3 Å². The third-order valence-corrected chi connectivity index (χ3v) is 6.22. The van der Waals surface area contributed by atoms with Gasteiger partial charge in [-0.2, -0.15) is 0 Å². The number of hydrogen-bond acceptors (Lipinski definition) is 7. The number of carbonyl (C=O) groups excluding carboxylic acids is 1. The maximum absolute atomic E-state index is 12.4. The fraction of sp³-hybridized carbons (Fsp3) is 0.217. The number of thiophene rings is 1. The largest absolute Gasteiger partial charge is 0.383 e. The number of hydrogen-bond donors (Lipinski definition) is 1. The number of pyridine rings is 1. The highest BCUT2D eigenvalue weighted by Gasteiger charge is 2.13. The molecule has 8 nitrogen and oxygen atoms in total. The lowest BCUT2D eigenvalue weighted by Crippen LogP contribution is -2.16. The van der Waals surface area contributed by atoms with Gasteiger partial charge in [0, 0.05) is 38.8 Å². The van der Waals surface area contributed by atoms with Gasteiger partial charge in [-0.25, -0.2) is 4.68 Å². The van der Waals surface area contributed by atoms with Gasteiger partial charge in [0.05, 0.1) is 44.8 Å². The van der Waals surface area contributed by atoms with Crippen LogP contribution >= 0.6 is 22.9 Å². The minimum Gasteiger partial charge on any atom is -0.383 e. The van der Waals surface area contributed by atoms with Crippen molar-refractivity contribution in [3.63, 3.8) is 0 Å². The first-order chi connectivity index (χ1) is 16.0. The van der Waals surface area contributed by atoms with Crippen LogP contribution in [0.4, 0.5) is 5.69 Å². The third-order valence-electron chi connectivity index (χ3n) is 4.95. The minimum absolute atomic E-state index is 0.0287. The molecule has 0 spiro atoms. The summed E-state index contributed by atoms with van der Waals surface area (Å²) in [4.78, 5) is 25.2. The van der Waals surface area contributed by atoms with Gasteiger partial charge in [0.1, 0.15) is 0 Å². The number of ether oxygens (including phenoxy) is 1. The van der Waals surface area contributed by atoms with Crippen LogP contribution < -0.4 is 10.9 Å². The number of benzene rings is 1. The zero-order chi connectivity index (χ0) is 23.2. The molecule has 0 aliphatic rings. The van der Waals surface area contributed by atoms with Crippen molar-refractivity contribution in [2.75, 3.05) is 25.6 Å². The van der Waals surface area contributed by atoms with E-state index in [0.717, 1.165) is 17.1 Å². The van der Waals surface area contributed by atoms with Gasteiger partial charge in [0.15, 0.2) is 5.78 Å². The summed E-state index contributed by atoms with van der Waals surface area (Å²) in [5, 5.41) is 11.8. The van der Waals surface area contributed by atoms with Crippen molar-refractivity contribution in [2.24, 2.45) is 0 Å². The summed E-state index contributed by atoms with van der Waals surface area (Å²) >= 11 is 7.20. The molecule has 1 N–H and O–H groups in total. The molecule has 0 saturated carbocycles. The Morgan fingerprint density at radius 1 is 1.21 bits per heavy atom. The molecule has 0 aliphatic carbocycles. The van der Waals surface area contributed by atoms with Crippen molar-refractivity contribution in [1.82, 2.24) is 19.6 Å². The molecule has 10 heteroatoms. The van der Waals surface area contributed by atoms with Crippen LogP contribution in [0.1, 0.15) is 21.8 Å². The Labute approximate surface area is 199 Å². The molecular weight excluding hydrogens is 462 g/mol. The van der Waals surface area contributed by atoms with E-state index in [9.17, 15) is 9.59 Å². The second kappa shape index (κ2) is 10.6. The zero-order valence-corrected chi connectivity index (χ0v) is 19.5. The second-order valence-corrected chi connectivity index (χ2v) is 8.93. The van der Waals surface area contributed by atoms with Crippen LogP contribution in [0.25, 0.3) is 11.4 Å². The fourth-order valence-corrected chi connectivity index (χ4v) is 4.31. The molecule has 33 heavy (non-hydrogen) atoms. The van der Waals surface area contributed by atoms with Gasteiger partial charge in [-0.1, -0.05) is 22.9 Å². The predicted molar refractivity (Wildman–Crippen MR) is 129 cm³/mol. The summed E-state index contributed by atoms with van der Waals surface area (Å²) in [7, 11) is 1.64. The maximum atomic E-state index is 12.4. The summed E-state index contributed by atoms with van der Waals surface area (Å²) in [6.45, 7) is 1.10. The number of aryl methyl sites for hydroxylation is 1. The topological polar surface area (TPSA) is 91.0 Å². The first-order valence-electron chi connectivity index (χ1n) is 10.3. The number of nitrogens with zero attached hydrogens (tertiary/aromatic N) is 4. The normalized spacial score (nSPS) is 11.0. The Hall–Kier alpha value is -3.27. The molecule has 0 bridgehead atoms. The van der Waals surface area contributed by atoms with Gasteiger partial charge < -0.3 is 10.1 Å². The van der Waals surface area contributed by atoms with E-state index >= 15 is 0 Å². The van der Waals surface area contributed by atoms with E-state index in [4.69, 9.17) is 16.3 Å². The highest BCUT2D eigenvalue weighted by molar-refractivity contribution is 7.18. The number of halogens is 1. The number of ketones is 1. The maximum Gasteiger partial charge on any atom is 0.255 e. The Kier molecular flexibility index (Phi) is 7.33. The zero-order valence-electron chi connectivity index (χ0n) is 17.9. The Morgan fingerprint density at radius 2 is 2.09 bits per heavy atom. The Balaban J connectivity index is 1.56. The van der Waals surface area contributed by atoms with Crippen molar-refractivity contribution in [3.8, 4) is 11.4 Å². The molecule has 4 aromatic rings. The molecule has 3 heterocycles. The van der Waals surface area contributed by atoms with Crippen LogP contribution in [0.2, 0.25) is 4.34 Å². The van der Waals surface area contributed by atoms with Crippen molar-refractivity contribution in [2.45, 2.75) is 12.8 Å². The van der Waals surface area contributed by atoms with Gasteiger partial charge >= 0.3 is 0 Å². The molecule has 0 fully saturated rings. The van der Waals surface area contributed by atoms with E-state index in [-0.39, 0.29) is 11.3 Å². The highest BCUT2D eigenvalue weighted by atomic mass is 35.5. The van der Waals surface area contributed by atoms with Crippen molar-refractivity contribution >= 4 is 34.4 Å². The second-order valence-electron chi connectivity index (χ2n) is 7.21. The lowest BCUT2D eigenvalue weighted by atomic mass is 10.1. The highest BCUT2D eigenvalue weighted by Crippen LogP contribution is 2.25. The molecule has 0 radical (unpaired) electrons. The lowest BCUT2D eigenvalue weighted by molar-refractivity contribution is 0.0986. The number of Topliss-reactive ketones (excluding diaryl/α,β-unsaturated/α-hetero) is 1. The Morgan fingerprint density at radius 3 is 2.85 bits per heavy atom. The molecule has 4 rings (SSSR count). The van der Waals surface area contributed by atoms with E-state index in [2.05, 4.69) is 15.6 Å². The summed E-state index contributed by atoms with van der Waals surface area (Å²) in [6.07, 6.45) is 4.32. The van der Waals surface area contributed by atoms with Crippen molar-refractivity contribution in [3.05, 3.63) is 86.2 Å². The average Bonchev–Trinajstić information content (AvgIpc) is 3.47. The van der Waals surface area contributed by atoms with Gasteiger partial charge in [-0.3, -0.25) is 14.2 Å². The first-order valence-corrected chi connectivity index (χ1v) is 11.5. The standard InChI is InChI=1S/C23H22ClN5O3S/c1-32-13-11-25-18-14-17(28-12-3-2-4-23(28)31)6-7-19(18)29-15-16(26-27-29)5-8-20(30)21-9-10-22(24)33-21/h2-4,6-7,9-10,12,14-15,25H,5,8,11,13H2,1H3. The van der Waals surface area contributed by atoms with Crippen LogP contribution in [0.15, 0.2) is 65.7 Å². The number of anilines is 1. The summed E-state index contributed by atoms with van der Waals surface area (Å²) < 4.78 is 8.98. The minimum atomic E-state index is -0.118. The monoisotopic (exact) mass is 483 g/mol. The van der Waals surface area contributed by atoms with E-state index in [1.54, 1.807) is 47.0 Å². The number of carbonyl (C=O) groups is 1. The van der Waals surface area contributed by atoms with Gasteiger partial charge in [-0.15, -0.1) is 16.4 Å². The molecular formula is C23H22ClN5O3S. The van der Waals surface area contributed by atoms with E-state index in [0.29, 0.717) is 40.9 Å². The summed E-state index contributed by atoms with van der Waals surface area (Å²) in [5.41, 5.74) is 2.87. The lowest BCUT2D eigenvalue weighted by Gasteiger charge is -2.14. The van der Waals surface area contributed by atoms with Crippen LogP contribution in [-0.2, 0) is 11.2 Å². The number of methoxy groups -OCH3 is 1. The van der Waals surface area contributed by atoms with Crippen molar-refractivity contribution in [1.29, 1.82) is 0 Å². The smallest absolute Gasteiger partial charge is 0.255 e. The van der Waals surface area contributed by atoms with Crippen LogP contribution in [0, 0.1) is 0 Å². The molecule has 0 atom stereocenters. The van der Waals surface area contributed by atoms with E-state index in [1.165, 1.54) is 17.4 Å². The molecule has 0 unspecified atom stereocenters. The molecule has 0 saturated heterocycles. The molecule has 0 amide bonds. The summed E-state index contributed by atoms with van der Waals surface area (Å²) in [5.74, 6) is 0.0287. The quantitative estimate of drug-likeness (QED) is 0.271. The van der Waals surface area contributed by atoms with Gasteiger partial charge in [-0.05, 0) is 36.4 Å². The molecule has 0 aliphatic heterocycles. The number of rotatable bonds is 10. The predicted octanol–water partition coefficient (Wildman–Crippen LogP) is 4.01. The third kappa shape index (κ3) is 5.57. The number of nitrogens with one attached hydrogen (secondary N) is 1. The van der Waals surface area contributed by atoms with E-state index < -0.39 is 0 Å². The molecule has 170 valence electrons. The van der Waals surface area contributed by atoms with Crippen molar-refractivity contribution < 1.29 is 9.53 Å². The van der Waals surface area contributed by atoms with Crippen LogP contribution in [0.5, 0.6) is 0 Å². The Bertz CT molecular complexity index is 1310. The fourth-order valence-electron chi connectivity index (χ4n) is 3.30. The summed E-state index contributed by atoms with van der Waals surface area (Å²) in [6, 6.07) is 14.1. The molecule has 1 aromatic carbocycles. The van der Waals surface area contributed by atoms with Gasteiger partial charge in [0.2, 0.25) is 0 Å². The number of aromatic nitrogens is 4. The first kappa shape index (κ1) is 22.9. The van der Waals surface area contributed by atoms with Crippen LogP contribution in [-0.4, -0.2) is 45.6 Å².